The Morgan fingerprint density at radius 1 is 1.27 bits per heavy atom. The maximum atomic E-state index is 12.5. The van der Waals surface area contributed by atoms with E-state index in [2.05, 4.69) is 0 Å². The van der Waals surface area contributed by atoms with Crippen LogP contribution in [0.15, 0.2) is 27.8 Å². The Morgan fingerprint density at radius 2 is 1.92 bits per heavy atom. The summed E-state index contributed by atoms with van der Waals surface area (Å²) in [6, 6.07) is 4.54. The van der Waals surface area contributed by atoms with Gasteiger partial charge in [-0.2, -0.15) is 0 Å². The van der Waals surface area contributed by atoms with Crippen LogP contribution in [-0.2, 0) is 13.6 Å². The first kappa shape index (κ1) is 20.1. The van der Waals surface area contributed by atoms with Crippen LogP contribution in [-0.4, -0.2) is 21.5 Å². The Hall–Kier alpha value is -2.25. The van der Waals surface area contributed by atoms with E-state index in [0.717, 1.165) is 4.57 Å². The minimum atomic E-state index is -0.761. The van der Waals surface area contributed by atoms with Gasteiger partial charge in [0.2, 0.25) is 5.78 Å². The van der Waals surface area contributed by atoms with Gasteiger partial charge in [0.05, 0.1) is 5.02 Å². The van der Waals surface area contributed by atoms with Crippen molar-refractivity contribution in [2.24, 2.45) is 13.0 Å². The highest BCUT2D eigenvalue weighted by molar-refractivity contribution is 6.35. The minimum Gasteiger partial charge on any atom is -0.484 e. The normalized spacial score (nSPS) is 11.0. The summed E-state index contributed by atoms with van der Waals surface area (Å²) < 4.78 is 7.46. The SMILES string of the molecule is CC(C)Cn1c(N)c(C(=O)COc2ccc(Cl)cc2Cl)c(=O)n(C)c1=O. The molecule has 1 aromatic heterocycles. The molecule has 0 aliphatic carbocycles. The van der Waals surface area contributed by atoms with E-state index >= 15 is 0 Å². The molecule has 2 N–H and O–H groups in total. The number of carbonyl (C=O) groups is 1. The summed E-state index contributed by atoms with van der Waals surface area (Å²) in [6.07, 6.45) is 0. The molecule has 1 aromatic carbocycles. The molecule has 0 spiro atoms. The molecule has 0 aliphatic rings. The molecule has 0 radical (unpaired) electrons. The molecule has 2 aromatic rings. The molecule has 0 atom stereocenters. The summed E-state index contributed by atoms with van der Waals surface area (Å²) in [5.41, 5.74) is 4.34. The number of aromatic nitrogens is 2. The van der Waals surface area contributed by atoms with Crippen LogP contribution in [0, 0.1) is 5.92 Å². The van der Waals surface area contributed by atoms with Crippen LogP contribution < -0.4 is 21.7 Å². The molecular formula is C17H19Cl2N3O4. The number of hydrogen-bond donors (Lipinski definition) is 1. The summed E-state index contributed by atoms with van der Waals surface area (Å²) in [5.74, 6) is -0.468. The van der Waals surface area contributed by atoms with Gasteiger partial charge in [-0.3, -0.25) is 18.7 Å². The van der Waals surface area contributed by atoms with E-state index in [0.29, 0.717) is 5.02 Å². The van der Waals surface area contributed by atoms with Gasteiger partial charge in [0, 0.05) is 18.6 Å². The highest BCUT2D eigenvalue weighted by Crippen LogP contribution is 2.27. The summed E-state index contributed by atoms with van der Waals surface area (Å²) in [5, 5.41) is 0.656. The number of ketones is 1. The van der Waals surface area contributed by atoms with E-state index in [1.165, 1.54) is 23.7 Å². The molecule has 26 heavy (non-hydrogen) atoms. The topological polar surface area (TPSA) is 96.3 Å². The Balaban J connectivity index is 2.38. The third-order valence-electron chi connectivity index (χ3n) is 3.66. The number of ether oxygens (including phenoxy) is 1. The van der Waals surface area contributed by atoms with Gasteiger partial charge in [-0.05, 0) is 24.1 Å². The molecule has 0 unspecified atom stereocenters. The lowest BCUT2D eigenvalue weighted by atomic mass is 10.1. The second-order valence-electron chi connectivity index (χ2n) is 6.20. The lowest BCUT2D eigenvalue weighted by Crippen LogP contribution is -2.43. The molecule has 0 aliphatic heterocycles. The number of carbonyl (C=O) groups excluding carboxylic acids is 1. The standard InChI is InChI=1S/C17H19Cl2N3O4/c1-9(2)7-22-15(20)14(16(24)21(3)17(22)25)12(23)8-26-13-5-4-10(18)6-11(13)19/h4-6,9H,7-8,20H2,1-3H3. The number of nitrogen functional groups attached to an aromatic ring is 1. The zero-order valence-electron chi connectivity index (χ0n) is 14.6. The number of Topliss-reactive ketones (excluding diaryl/α,β-unsaturated/α-hetero) is 1. The molecular weight excluding hydrogens is 381 g/mol. The van der Waals surface area contributed by atoms with Gasteiger partial charge in [0.15, 0.2) is 6.61 Å². The van der Waals surface area contributed by atoms with Gasteiger partial charge in [0.1, 0.15) is 17.1 Å². The first-order chi connectivity index (χ1) is 12.1. The first-order valence-corrected chi connectivity index (χ1v) is 8.59. The van der Waals surface area contributed by atoms with Gasteiger partial charge in [-0.15, -0.1) is 0 Å². The maximum Gasteiger partial charge on any atom is 0.332 e. The van der Waals surface area contributed by atoms with Crippen LogP contribution in [0.2, 0.25) is 10.0 Å². The van der Waals surface area contributed by atoms with E-state index in [-0.39, 0.29) is 34.6 Å². The third kappa shape index (κ3) is 4.11. The van der Waals surface area contributed by atoms with Crippen LogP contribution in [0.4, 0.5) is 5.82 Å². The molecule has 0 amide bonds. The Labute approximate surface area is 159 Å². The van der Waals surface area contributed by atoms with Crippen molar-refractivity contribution < 1.29 is 9.53 Å². The fourth-order valence-electron chi connectivity index (χ4n) is 2.39. The van der Waals surface area contributed by atoms with E-state index in [4.69, 9.17) is 33.7 Å². The van der Waals surface area contributed by atoms with Crippen molar-refractivity contribution in [3.05, 3.63) is 54.6 Å². The fraction of sp³-hybridized carbons (Fsp3) is 0.353. The summed E-state index contributed by atoms with van der Waals surface area (Å²) in [6.45, 7) is 3.61. The van der Waals surface area contributed by atoms with Gasteiger partial charge < -0.3 is 10.5 Å². The smallest absolute Gasteiger partial charge is 0.332 e. The lowest BCUT2D eigenvalue weighted by molar-refractivity contribution is 0.0919. The molecule has 1 heterocycles. The van der Waals surface area contributed by atoms with E-state index in [1.54, 1.807) is 6.07 Å². The van der Waals surface area contributed by atoms with Crippen LogP contribution in [0.25, 0.3) is 0 Å². The number of benzene rings is 1. The molecule has 2 rings (SSSR count). The molecule has 0 bridgehead atoms. The van der Waals surface area contributed by atoms with Gasteiger partial charge >= 0.3 is 5.69 Å². The minimum absolute atomic E-state index is 0.0968. The third-order valence-corrected chi connectivity index (χ3v) is 4.19. The van der Waals surface area contributed by atoms with Crippen molar-refractivity contribution in [1.82, 2.24) is 9.13 Å². The maximum absolute atomic E-state index is 12.5. The largest absolute Gasteiger partial charge is 0.484 e. The van der Waals surface area contributed by atoms with Crippen molar-refractivity contribution in [2.75, 3.05) is 12.3 Å². The zero-order valence-corrected chi connectivity index (χ0v) is 16.1. The summed E-state index contributed by atoms with van der Waals surface area (Å²) >= 11 is 11.8. The average Bonchev–Trinajstić information content (AvgIpc) is 2.56. The highest BCUT2D eigenvalue weighted by atomic mass is 35.5. The van der Waals surface area contributed by atoms with Crippen molar-refractivity contribution in [2.45, 2.75) is 20.4 Å². The van der Waals surface area contributed by atoms with Crippen molar-refractivity contribution >= 4 is 34.8 Å². The van der Waals surface area contributed by atoms with Crippen LogP contribution in [0.3, 0.4) is 0 Å². The second-order valence-corrected chi connectivity index (χ2v) is 7.04. The molecule has 7 nitrogen and oxygen atoms in total. The van der Waals surface area contributed by atoms with E-state index in [9.17, 15) is 14.4 Å². The highest BCUT2D eigenvalue weighted by Gasteiger charge is 2.22. The number of nitrogens with two attached hydrogens (primary N) is 1. The van der Waals surface area contributed by atoms with Crippen LogP contribution in [0.1, 0.15) is 24.2 Å². The Kier molecular flexibility index (Phi) is 6.15. The number of nitrogens with zero attached hydrogens (tertiary/aromatic N) is 2. The molecule has 140 valence electrons. The Bertz CT molecular complexity index is 964. The first-order valence-electron chi connectivity index (χ1n) is 7.83. The summed E-state index contributed by atoms with van der Waals surface area (Å²) in [4.78, 5) is 37.1. The molecule has 0 fully saturated rings. The van der Waals surface area contributed by atoms with Crippen molar-refractivity contribution in [3.63, 3.8) is 0 Å². The quantitative estimate of drug-likeness (QED) is 0.751. The second kappa shape index (κ2) is 7.97. The van der Waals surface area contributed by atoms with Crippen molar-refractivity contribution in [3.8, 4) is 5.75 Å². The number of rotatable bonds is 6. The number of hydrogen-bond acceptors (Lipinski definition) is 5. The van der Waals surface area contributed by atoms with Gasteiger partial charge in [0.25, 0.3) is 5.56 Å². The van der Waals surface area contributed by atoms with Gasteiger partial charge in [-0.25, -0.2) is 4.79 Å². The van der Waals surface area contributed by atoms with Crippen LogP contribution >= 0.6 is 23.2 Å². The van der Waals surface area contributed by atoms with E-state index in [1.807, 2.05) is 13.8 Å². The molecule has 9 heteroatoms. The van der Waals surface area contributed by atoms with Crippen molar-refractivity contribution in [1.29, 1.82) is 0 Å². The molecule has 0 saturated carbocycles. The average molecular weight is 400 g/mol. The summed E-state index contributed by atoms with van der Waals surface area (Å²) in [7, 11) is 1.30. The number of halogens is 2. The zero-order chi connectivity index (χ0) is 19.6. The van der Waals surface area contributed by atoms with Gasteiger partial charge in [-0.1, -0.05) is 37.0 Å². The number of anilines is 1. The molecule has 0 saturated heterocycles. The lowest BCUT2D eigenvalue weighted by Gasteiger charge is -2.16. The van der Waals surface area contributed by atoms with Crippen LogP contribution in [0.5, 0.6) is 5.75 Å². The monoisotopic (exact) mass is 399 g/mol. The van der Waals surface area contributed by atoms with E-state index < -0.39 is 23.6 Å². The predicted molar refractivity (Wildman–Crippen MR) is 101 cm³/mol. The fourth-order valence-corrected chi connectivity index (χ4v) is 2.86. The predicted octanol–water partition coefficient (Wildman–Crippen LogP) is 2.35. The Morgan fingerprint density at radius 3 is 2.50 bits per heavy atom.